The van der Waals surface area contributed by atoms with E-state index in [0.29, 0.717) is 83.7 Å². The molecule has 6 N–H and O–H groups in total. The first-order chi connectivity index (χ1) is 33.8. The van der Waals surface area contributed by atoms with E-state index in [4.69, 9.17) is 9.47 Å². The van der Waals surface area contributed by atoms with Crippen LogP contribution in [0.5, 0.6) is 0 Å². The van der Waals surface area contributed by atoms with Crippen molar-refractivity contribution >= 4 is 47.4 Å². The maximum absolute atomic E-state index is 13.1. The van der Waals surface area contributed by atoms with Crippen molar-refractivity contribution in [2.45, 2.75) is 191 Å². The fraction of sp³-hybridized carbons (Fsp3) is 0.615. The van der Waals surface area contributed by atoms with Gasteiger partial charge in [0.1, 0.15) is 25.3 Å². The number of carbonyl (C=O) groups excluding carboxylic acids is 8. The molecular formula is C52H74N6O12. The van der Waals surface area contributed by atoms with Gasteiger partial charge in [0.15, 0.2) is 11.9 Å². The van der Waals surface area contributed by atoms with Crippen molar-refractivity contribution in [3.63, 3.8) is 0 Å². The highest BCUT2D eigenvalue weighted by Gasteiger charge is 2.40. The molecule has 2 aromatic carbocycles. The van der Waals surface area contributed by atoms with Crippen LogP contribution in [0.1, 0.15) is 141 Å². The van der Waals surface area contributed by atoms with Crippen molar-refractivity contribution < 1.29 is 58.0 Å². The summed E-state index contributed by atoms with van der Waals surface area (Å²) in [6.07, 6.45) is 8.36. The van der Waals surface area contributed by atoms with Crippen LogP contribution in [0.25, 0.3) is 0 Å². The van der Waals surface area contributed by atoms with Gasteiger partial charge >= 0.3 is 12.2 Å². The molecule has 8 atom stereocenters. The molecule has 4 aliphatic rings. The Morgan fingerprint density at radius 1 is 0.657 bits per heavy atom. The Kier molecular flexibility index (Phi) is 22.6. The van der Waals surface area contributed by atoms with Crippen molar-refractivity contribution in [1.82, 2.24) is 31.1 Å². The van der Waals surface area contributed by atoms with Gasteiger partial charge < -0.3 is 41.0 Å². The Labute approximate surface area is 411 Å². The molecule has 2 saturated heterocycles. The Bertz CT molecular complexity index is 2040. The molecule has 2 aliphatic carbocycles. The highest BCUT2D eigenvalue weighted by atomic mass is 16.6. The van der Waals surface area contributed by atoms with Gasteiger partial charge in [0.25, 0.3) is 11.8 Å². The third-order valence-electron chi connectivity index (χ3n) is 13.5. The van der Waals surface area contributed by atoms with Crippen LogP contribution < -0.4 is 21.3 Å². The van der Waals surface area contributed by atoms with Crippen molar-refractivity contribution in [2.24, 2.45) is 0 Å². The van der Waals surface area contributed by atoms with Crippen molar-refractivity contribution in [3.8, 4) is 0 Å². The van der Waals surface area contributed by atoms with Crippen LogP contribution >= 0.6 is 0 Å². The Morgan fingerprint density at radius 2 is 1.19 bits per heavy atom. The van der Waals surface area contributed by atoms with Gasteiger partial charge in [-0.05, 0) is 75.3 Å². The summed E-state index contributed by atoms with van der Waals surface area (Å²) in [6.45, 7) is 4.95. The summed E-state index contributed by atoms with van der Waals surface area (Å²) in [5.74, 6) is -3.15. The number of benzene rings is 2. The van der Waals surface area contributed by atoms with Crippen LogP contribution in [0, 0.1) is 0 Å². The first kappa shape index (κ1) is 55.1. The number of amides is 6. The molecule has 6 amide bonds. The lowest BCUT2D eigenvalue weighted by Crippen LogP contribution is -2.57. The summed E-state index contributed by atoms with van der Waals surface area (Å²) >= 11 is 0. The van der Waals surface area contributed by atoms with Crippen molar-refractivity contribution in [2.75, 3.05) is 13.1 Å². The number of rotatable bonds is 20. The molecule has 2 heterocycles. The predicted molar refractivity (Wildman–Crippen MR) is 258 cm³/mol. The number of ether oxygens (including phenoxy) is 2. The van der Waals surface area contributed by atoms with E-state index in [2.05, 4.69) is 21.3 Å². The summed E-state index contributed by atoms with van der Waals surface area (Å²) in [6, 6.07) is 14.3. The molecule has 384 valence electrons. The number of nitrogens with one attached hydrogen (secondary N) is 4. The highest BCUT2D eigenvalue weighted by molar-refractivity contribution is 6.38. The molecule has 2 aliphatic heterocycles. The molecule has 0 bridgehead atoms. The fourth-order valence-corrected chi connectivity index (χ4v) is 9.33. The molecule has 2 saturated carbocycles. The third-order valence-corrected chi connectivity index (χ3v) is 13.5. The summed E-state index contributed by atoms with van der Waals surface area (Å²) in [5.41, 5.74) is 1.70. The van der Waals surface area contributed by atoms with E-state index in [1.165, 1.54) is 9.80 Å². The molecule has 70 heavy (non-hydrogen) atoms. The van der Waals surface area contributed by atoms with Gasteiger partial charge in [0, 0.05) is 19.5 Å². The fourth-order valence-electron chi connectivity index (χ4n) is 9.33. The second-order valence-corrected chi connectivity index (χ2v) is 18.8. The number of hydrogen-bond donors (Lipinski definition) is 6. The average molecular weight is 975 g/mol. The maximum Gasteiger partial charge on any atom is 0.410 e. The van der Waals surface area contributed by atoms with Gasteiger partial charge in [-0.15, -0.1) is 0 Å². The van der Waals surface area contributed by atoms with E-state index < -0.39 is 90.1 Å². The quantitative estimate of drug-likeness (QED) is 0.0970. The molecule has 0 aromatic heterocycles. The topological polar surface area (TPSA) is 250 Å². The smallest absolute Gasteiger partial charge is 0.410 e. The number of nitrogens with zero attached hydrogens (tertiary/aromatic N) is 2. The van der Waals surface area contributed by atoms with Crippen LogP contribution in [-0.2, 0) is 51.5 Å². The van der Waals surface area contributed by atoms with Crippen molar-refractivity contribution in [3.05, 3.63) is 71.8 Å². The van der Waals surface area contributed by atoms with Crippen LogP contribution in [0.4, 0.5) is 9.59 Å². The molecule has 0 unspecified atom stereocenters. The Hall–Kier alpha value is -5.88. The Morgan fingerprint density at radius 3 is 1.73 bits per heavy atom. The van der Waals surface area contributed by atoms with E-state index in [0.717, 1.165) is 56.1 Å². The first-order valence-corrected chi connectivity index (χ1v) is 25.4. The standard InChI is InChI=1S/C26H39N3O6.C26H35N3O6/c2*1-2-3-12-20(23(31)25(33)27-19-13-7-8-15-22(19)30)28-24(32)21-14-9-16-29(21)26(34)35-17-18-10-5-4-6-11-18/h4-6,10-11,19-23,30-31H,2-3,7-9,12-17H2,1H3,(H,27,33)(H,28,32);4-6,10-11,19-21H,2-3,7-9,12-17H2,1H3,(H,27,33)(H,28,32)/t19-,20-,21-,22-,23-;19-,20-,21-/m00/s1. The van der Waals surface area contributed by atoms with E-state index in [-0.39, 0.29) is 19.0 Å². The average Bonchev–Trinajstić information content (AvgIpc) is 4.09. The minimum absolute atomic E-state index is 0.0674. The minimum Gasteiger partial charge on any atom is -0.445 e. The number of aliphatic hydroxyl groups excluding tert-OH is 2. The summed E-state index contributed by atoms with van der Waals surface area (Å²) in [5, 5.41) is 31.8. The van der Waals surface area contributed by atoms with Gasteiger partial charge in [0.05, 0.1) is 30.3 Å². The van der Waals surface area contributed by atoms with E-state index in [1.807, 2.05) is 74.5 Å². The van der Waals surface area contributed by atoms with Crippen molar-refractivity contribution in [1.29, 1.82) is 0 Å². The second kappa shape index (κ2) is 28.7. The molecular weight excluding hydrogens is 901 g/mol. The molecule has 0 radical (unpaired) electrons. The largest absolute Gasteiger partial charge is 0.445 e. The molecule has 18 heteroatoms. The SMILES string of the molecule is CCCC[C@H](NC(=O)[C@@H]1CCCN1C(=O)OCc1ccccc1)C(=O)C(=O)N[C@H]1CCCCC1=O.CCCC[C@H](NC(=O)[C@@H]1CCCN1C(=O)OCc1ccccc1)[C@H](O)C(=O)N[C@H]1CCCC[C@@H]1O. The zero-order valence-electron chi connectivity index (χ0n) is 40.8. The van der Waals surface area contributed by atoms with Crippen LogP contribution in [0.15, 0.2) is 60.7 Å². The lowest BCUT2D eigenvalue weighted by atomic mass is 9.92. The van der Waals surface area contributed by atoms with Gasteiger partial charge in [-0.3, -0.25) is 38.6 Å². The normalized spacial score (nSPS) is 22.3. The Balaban J connectivity index is 0.000000261. The van der Waals surface area contributed by atoms with Crippen LogP contribution in [0.3, 0.4) is 0 Å². The van der Waals surface area contributed by atoms with E-state index >= 15 is 0 Å². The minimum atomic E-state index is -1.44. The summed E-state index contributed by atoms with van der Waals surface area (Å²) in [7, 11) is 0. The van der Waals surface area contributed by atoms with Crippen LogP contribution in [0.2, 0.25) is 0 Å². The molecule has 2 aromatic rings. The van der Waals surface area contributed by atoms with Crippen LogP contribution in [-0.4, -0.2) is 129 Å². The lowest BCUT2D eigenvalue weighted by molar-refractivity contribution is -0.142. The second-order valence-electron chi connectivity index (χ2n) is 18.8. The molecule has 18 nitrogen and oxygen atoms in total. The molecule has 4 fully saturated rings. The van der Waals surface area contributed by atoms with Gasteiger partial charge in [-0.1, -0.05) is 119 Å². The molecule has 0 spiro atoms. The first-order valence-electron chi connectivity index (χ1n) is 25.4. The summed E-state index contributed by atoms with van der Waals surface area (Å²) < 4.78 is 10.8. The number of likely N-dealkylation sites (tertiary alicyclic amines) is 2. The highest BCUT2D eigenvalue weighted by Crippen LogP contribution is 2.23. The number of carbonyl (C=O) groups is 8. The maximum atomic E-state index is 13.1. The number of ketones is 2. The van der Waals surface area contributed by atoms with Gasteiger partial charge in [-0.25, -0.2) is 9.59 Å². The van der Waals surface area contributed by atoms with E-state index in [1.54, 1.807) is 0 Å². The zero-order valence-corrected chi connectivity index (χ0v) is 40.8. The third kappa shape index (κ3) is 16.6. The molecule has 6 rings (SSSR count). The predicted octanol–water partition coefficient (Wildman–Crippen LogP) is 4.90. The van der Waals surface area contributed by atoms with Gasteiger partial charge in [0.2, 0.25) is 17.6 Å². The zero-order chi connectivity index (χ0) is 50.4. The number of aliphatic hydroxyl groups is 2. The lowest BCUT2D eigenvalue weighted by Gasteiger charge is -2.31. The van der Waals surface area contributed by atoms with Gasteiger partial charge in [-0.2, -0.15) is 0 Å². The number of hydrogen-bond acceptors (Lipinski definition) is 12. The van der Waals surface area contributed by atoms with E-state index in [9.17, 15) is 48.6 Å². The number of unbranched alkanes of at least 4 members (excludes halogenated alkanes) is 2. The summed E-state index contributed by atoms with van der Waals surface area (Å²) in [4.78, 5) is 105. The number of Topliss-reactive ketones (excluding diaryl/α,β-unsaturated/α-hetero) is 2. The monoisotopic (exact) mass is 975 g/mol.